The van der Waals surface area contributed by atoms with Gasteiger partial charge in [-0.05, 0) is 43.9 Å². The van der Waals surface area contributed by atoms with Crippen molar-refractivity contribution in [2.75, 3.05) is 50.0 Å². The van der Waals surface area contributed by atoms with E-state index in [4.69, 9.17) is 5.73 Å². The van der Waals surface area contributed by atoms with Crippen molar-refractivity contribution >= 4 is 17.3 Å². The minimum atomic E-state index is -0.132. The van der Waals surface area contributed by atoms with E-state index in [-0.39, 0.29) is 17.9 Å². The molecular weight excluding hydrogens is 328 g/mol. The highest BCUT2D eigenvalue weighted by Gasteiger charge is 2.36. The summed E-state index contributed by atoms with van der Waals surface area (Å²) in [5.74, 6) is -0.132. The lowest BCUT2D eigenvalue weighted by atomic mass is 9.69. The number of carbonyl (C=O) groups is 1. The molecule has 3 saturated heterocycles. The number of nitrogens with one attached hydrogen (secondary N) is 1. The zero-order chi connectivity index (χ0) is 18.1. The number of benzene rings is 1. The average Bonchev–Trinajstić information content (AvgIpc) is 2.95. The van der Waals surface area contributed by atoms with Crippen LogP contribution in [0.4, 0.5) is 11.4 Å². The summed E-state index contributed by atoms with van der Waals surface area (Å²) >= 11 is 0. The van der Waals surface area contributed by atoms with Gasteiger partial charge in [0.25, 0.3) is 5.91 Å². The Labute approximate surface area is 155 Å². The molecule has 0 unspecified atom stereocenters. The summed E-state index contributed by atoms with van der Waals surface area (Å²) < 4.78 is 0. The predicted octanol–water partition coefficient (Wildman–Crippen LogP) is 1.45. The molecule has 26 heavy (non-hydrogen) atoms. The second-order valence-corrected chi connectivity index (χ2v) is 8.23. The van der Waals surface area contributed by atoms with Crippen LogP contribution in [0, 0.1) is 5.41 Å². The van der Waals surface area contributed by atoms with Gasteiger partial charge in [-0.3, -0.25) is 4.79 Å². The van der Waals surface area contributed by atoms with Gasteiger partial charge in [-0.15, -0.1) is 0 Å². The molecule has 6 nitrogen and oxygen atoms in total. The third kappa shape index (κ3) is 3.28. The fraction of sp³-hybridized carbons (Fsp3) is 0.650. The van der Waals surface area contributed by atoms with Gasteiger partial charge in [-0.1, -0.05) is 6.42 Å². The van der Waals surface area contributed by atoms with Gasteiger partial charge in [0, 0.05) is 55.6 Å². The molecule has 1 aliphatic carbocycles. The topological polar surface area (TPSA) is 81.8 Å². The molecule has 1 saturated carbocycles. The average molecular weight is 358 g/mol. The number of hydrogen-bond donors (Lipinski definition) is 3. The third-order valence-electron chi connectivity index (χ3n) is 6.64. The molecular formula is C20H30N4O2. The van der Waals surface area contributed by atoms with Crippen LogP contribution in [0.25, 0.3) is 0 Å². The molecule has 0 atom stereocenters. The second-order valence-electron chi connectivity index (χ2n) is 8.23. The van der Waals surface area contributed by atoms with Crippen LogP contribution in [-0.4, -0.2) is 61.3 Å². The minimum Gasteiger partial charge on any atom is -0.398 e. The van der Waals surface area contributed by atoms with Gasteiger partial charge in [0.05, 0.1) is 12.2 Å². The van der Waals surface area contributed by atoms with Gasteiger partial charge in [0.15, 0.2) is 0 Å². The number of nitrogen functional groups attached to an aromatic ring is 1. The first kappa shape index (κ1) is 17.6. The summed E-state index contributed by atoms with van der Waals surface area (Å²) in [5, 5.41) is 12.6. The van der Waals surface area contributed by atoms with Crippen LogP contribution in [0.3, 0.4) is 0 Å². The van der Waals surface area contributed by atoms with E-state index in [0.717, 1.165) is 38.0 Å². The van der Waals surface area contributed by atoms with Crippen LogP contribution in [0.5, 0.6) is 0 Å². The van der Waals surface area contributed by atoms with Gasteiger partial charge < -0.3 is 26.0 Å². The largest absolute Gasteiger partial charge is 0.398 e. The first-order valence-electron chi connectivity index (χ1n) is 9.88. The molecule has 3 heterocycles. The molecule has 142 valence electrons. The van der Waals surface area contributed by atoms with Gasteiger partial charge >= 0.3 is 0 Å². The minimum absolute atomic E-state index is 0.125. The van der Waals surface area contributed by atoms with Crippen molar-refractivity contribution in [2.45, 2.75) is 38.1 Å². The van der Waals surface area contributed by atoms with Crippen molar-refractivity contribution in [2.24, 2.45) is 5.41 Å². The predicted molar refractivity (Wildman–Crippen MR) is 103 cm³/mol. The monoisotopic (exact) mass is 358 g/mol. The molecule has 5 rings (SSSR count). The summed E-state index contributed by atoms with van der Waals surface area (Å²) in [6.45, 7) is 5.09. The van der Waals surface area contributed by atoms with E-state index < -0.39 is 0 Å². The molecule has 0 radical (unpaired) electrons. The van der Waals surface area contributed by atoms with Gasteiger partial charge in [-0.2, -0.15) is 0 Å². The molecule has 6 heteroatoms. The number of piperidine rings is 1. The van der Waals surface area contributed by atoms with Crippen molar-refractivity contribution in [1.82, 2.24) is 10.2 Å². The third-order valence-corrected chi connectivity index (χ3v) is 6.64. The van der Waals surface area contributed by atoms with E-state index in [0.29, 0.717) is 23.8 Å². The number of aliphatic hydroxyl groups excluding tert-OH is 1. The van der Waals surface area contributed by atoms with E-state index in [2.05, 4.69) is 15.1 Å². The fourth-order valence-electron chi connectivity index (χ4n) is 4.58. The van der Waals surface area contributed by atoms with Gasteiger partial charge in [-0.25, -0.2) is 0 Å². The molecule has 1 aromatic carbocycles. The highest BCUT2D eigenvalue weighted by molar-refractivity contribution is 6.00. The maximum absolute atomic E-state index is 12.7. The molecule has 0 aromatic heterocycles. The zero-order valence-corrected chi connectivity index (χ0v) is 15.4. The van der Waals surface area contributed by atoms with E-state index in [1.54, 1.807) is 0 Å². The van der Waals surface area contributed by atoms with Crippen LogP contribution >= 0.6 is 0 Å². The molecule has 4 N–H and O–H groups in total. The van der Waals surface area contributed by atoms with E-state index in [1.807, 2.05) is 18.2 Å². The first-order valence-corrected chi connectivity index (χ1v) is 9.88. The fourth-order valence-corrected chi connectivity index (χ4v) is 4.58. The summed E-state index contributed by atoms with van der Waals surface area (Å²) in [7, 11) is 0. The Morgan fingerprint density at radius 2 is 2.00 bits per heavy atom. The standard InChI is InChI=1S/C20H30N4O2/c21-18-3-2-16(24-11-10-23-8-4-15(24)5-9-23)12-17(18)19(26)22-13-20(14-25)6-1-7-20/h2-3,12,15,25H,1,4-11,13-14,21H2,(H,22,26). The maximum Gasteiger partial charge on any atom is 0.253 e. The number of amides is 1. The van der Waals surface area contributed by atoms with Crippen molar-refractivity contribution in [3.63, 3.8) is 0 Å². The van der Waals surface area contributed by atoms with E-state index in [9.17, 15) is 9.90 Å². The Bertz CT molecular complexity index is 660. The molecule has 3 aliphatic heterocycles. The zero-order valence-electron chi connectivity index (χ0n) is 15.4. The number of fused-ring (bicyclic) bond motifs is 4. The number of hydrogen-bond acceptors (Lipinski definition) is 5. The Morgan fingerprint density at radius 1 is 1.23 bits per heavy atom. The lowest BCUT2D eigenvalue weighted by Crippen LogP contribution is -2.44. The Balaban J connectivity index is 1.49. The van der Waals surface area contributed by atoms with Crippen molar-refractivity contribution in [1.29, 1.82) is 0 Å². The Kier molecular flexibility index (Phi) is 4.80. The van der Waals surface area contributed by atoms with Crippen LogP contribution in [-0.2, 0) is 0 Å². The van der Waals surface area contributed by atoms with E-state index in [1.165, 1.54) is 25.9 Å². The van der Waals surface area contributed by atoms with Gasteiger partial charge in [0.2, 0.25) is 0 Å². The van der Waals surface area contributed by atoms with E-state index >= 15 is 0 Å². The summed E-state index contributed by atoms with van der Waals surface area (Å²) in [4.78, 5) is 17.7. The normalized spacial score (nSPS) is 26.9. The highest BCUT2D eigenvalue weighted by atomic mass is 16.3. The maximum atomic E-state index is 12.7. The quantitative estimate of drug-likeness (QED) is 0.694. The first-order chi connectivity index (χ1) is 12.6. The Hall–Kier alpha value is -1.79. The molecule has 0 spiro atoms. The molecule has 4 aliphatic rings. The summed E-state index contributed by atoms with van der Waals surface area (Å²) in [6, 6.07) is 6.40. The lowest BCUT2D eigenvalue weighted by molar-refractivity contribution is 0.0429. The van der Waals surface area contributed by atoms with Crippen molar-refractivity contribution in [3.05, 3.63) is 23.8 Å². The van der Waals surface area contributed by atoms with Crippen LogP contribution in [0.1, 0.15) is 42.5 Å². The van der Waals surface area contributed by atoms with Gasteiger partial charge in [0.1, 0.15) is 0 Å². The summed E-state index contributed by atoms with van der Waals surface area (Å²) in [6.07, 6.45) is 5.45. The number of nitrogens with zero attached hydrogens (tertiary/aromatic N) is 2. The van der Waals surface area contributed by atoms with Crippen molar-refractivity contribution in [3.8, 4) is 0 Å². The number of aliphatic hydroxyl groups is 1. The highest BCUT2D eigenvalue weighted by Crippen LogP contribution is 2.39. The lowest BCUT2D eigenvalue weighted by Gasteiger charge is -2.40. The second kappa shape index (κ2) is 7.08. The summed E-state index contributed by atoms with van der Waals surface area (Å²) in [5.41, 5.74) is 8.14. The van der Waals surface area contributed by atoms with Crippen LogP contribution in [0.2, 0.25) is 0 Å². The Morgan fingerprint density at radius 3 is 2.65 bits per heavy atom. The molecule has 4 fully saturated rings. The van der Waals surface area contributed by atoms with Crippen LogP contribution < -0.4 is 16.0 Å². The SMILES string of the molecule is Nc1ccc(N2CCN3CCC2CC3)cc1C(=O)NCC1(CO)CCC1. The smallest absolute Gasteiger partial charge is 0.253 e. The number of rotatable bonds is 5. The number of carbonyl (C=O) groups excluding carboxylic acids is 1. The molecule has 2 bridgehead atoms. The molecule has 1 aromatic rings. The number of anilines is 2. The van der Waals surface area contributed by atoms with Crippen LogP contribution in [0.15, 0.2) is 18.2 Å². The number of nitrogens with two attached hydrogens (primary N) is 1. The molecule has 1 amide bonds. The van der Waals surface area contributed by atoms with Crippen molar-refractivity contribution < 1.29 is 9.90 Å².